The van der Waals surface area contributed by atoms with Crippen molar-refractivity contribution in [2.45, 2.75) is 6.92 Å². The van der Waals surface area contributed by atoms with Crippen LogP contribution in [0, 0.1) is 6.92 Å². The van der Waals surface area contributed by atoms with E-state index in [4.69, 9.17) is 23.4 Å². The predicted molar refractivity (Wildman–Crippen MR) is 126 cm³/mol. The fourth-order valence-electron chi connectivity index (χ4n) is 3.08. The lowest BCUT2D eigenvalue weighted by Gasteiger charge is -2.15. The first kappa shape index (κ1) is 22.4. The minimum absolute atomic E-state index is 0.312. The summed E-state index contributed by atoms with van der Waals surface area (Å²) in [7, 11) is 4.65. The average molecular weight is 513 g/mol. The van der Waals surface area contributed by atoms with Gasteiger partial charge in [-0.25, -0.2) is 9.97 Å². The molecule has 2 heterocycles. The van der Waals surface area contributed by atoms with Crippen LogP contribution in [-0.4, -0.2) is 36.3 Å². The van der Waals surface area contributed by atoms with Crippen LogP contribution in [0.2, 0.25) is 0 Å². The van der Waals surface area contributed by atoms with Crippen molar-refractivity contribution in [3.8, 4) is 40.3 Å². The van der Waals surface area contributed by atoms with E-state index in [2.05, 4.69) is 36.2 Å². The van der Waals surface area contributed by atoms with Crippen molar-refractivity contribution >= 4 is 27.6 Å². The molecule has 0 aliphatic carbocycles. The Kier molecular flexibility index (Phi) is 6.64. The fraction of sp³-hybridized carbons (Fsp3) is 0.174. The topological polar surface area (TPSA) is 101 Å². The smallest absolute Gasteiger partial charge is 0.238 e. The van der Waals surface area contributed by atoms with Crippen LogP contribution in [-0.2, 0) is 0 Å². The molecule has 0 bridgehead atoms. The molecule has 170 valence electrons. The number of hydrogen-bond donors (Lipinski definition) is 1. The zero-order valence-corrected chi connectivity index (χ0v) is 20.0. The zero-order valence-electron chi connectivity index (χ0n) is 18.4. The van der Waals surface area contributed by atoms with Crippen molar-refractivity contribution in [1.82, 2.24) is 15.0 Å². The first-order valence-electron chi connectivity index (χ1n) is 9.81. The normalized spacial score (nSPS) is 10.6. The number of aromatic nitrogens is 3. The first-order valence-corrected chi connectivity index (χ1v) is 10.6. The van der Waals surface area contributed by atoms with Gasteiger partial charge in [0.25, 0.3) is 0 Å². The summed E-state index contributed by atoms with van der Waals surface area (Å²) >= 11 is 3.45. The molecule has 0 aliphatic rings. The molecular weight excluding hydrogens is 492 g/mol. The van der Waals surface area contributed by atoms with Crippen LogP contribution in [0.25, 0.3) is 11.5 Å². The van der Waals surface area contributed by atoms with E-state index in [9.17, 15) is 0 Å². The van der Waals surface area contributed by atoms with E-state index in [0.717, 1.165) is 5.69 Å². The zero-order chi connectivity index (χ0) is 23.4. The van der Waals surface area contributed by atoms with Crippen LogP contribution < -0.4 is 24.3 Å². The maximum atomic E-state index is 6.10. The highest BCUT2D eigenvalue weighted by Gasteiger charge is 2.17. The Morgan fingerprint density at radius 2 is 1.67 bits per heavy atom. The maximum absolute atomic E-state index is 6.10. The van der Waals surface area contributed by atoms with Crippen LogP contribution in [0.3, 0.4) is 0 Å². The fourth-order valence-corrected chi connectivity index (χ4v) is 3.35. The Bertz CT molecular complexity index is 1250. The van der Waals surface area contributed by atoms with Gasteiger partial charge in [-0.3, -0.25) is 0 Å². The molecule has 2 aromatic heterocycles. The molecule has 4 rings (SSSR count). The molecule has 0 unspecified atom stereocenters. The number of ether oxygens (including phenoxy) is 4. The lowest BCUT2D eigenvalue weighted by molar-refractivity contribution is 0.324. The van der Waals surface area contributed by atoms with Crippen LogP contribution in [0.4, 0.5) is 11.6 Å². The number of hydrogen-bond acceptors (Lipinski definition) is 9. The van der Waals surface area contributed by atoms with E-state index >= 15 is 0 Å². The summed E-state index contributed by atoms with van der Waals surface area (Å²) in [5.41, 5.74) is 2.13. The Hall–Kier alpha value is -3.79. The molecule has 0 atom stereocenters. The SMILES string of the molecule is COc1cc(Nc2ncc(Br)c(Oc3ccccc3-c3nc(C)co3)n2)cc(OC)c1OC. The van der Waals surface area contributed by atoms with Crippen LogP contribution in [0.5, 0.6) is 28.9 Å². The van der Waals surface area contributed by atoms with Crippen molar-refractivity contribution in [1.29, 1.82) is 0 Å². The highest BCUT2D eigenvalue weighted by molar-refractivity contribution is 9.10. The Morgan fingerprint density at radius 3 is 2.30 bits per heavy atom. The van der Waals surface area contributed by atoms with Crippen LogP contribution >= 0.6 is 15.9 Å². The predicted octanol–water partition coefficient (Wildman–Crippen LogP) is 5.76. The number of nitrogens with zero attached hydrogens (tertiary/aromatic N) is 3. The number of benzene rings is 2. The largest absolute Gasteiger partial charge is 0.493 e. The molecule has 0 saturated carbocycles. The van der Waals surface area contributed by atoms with Crippen molar-refractivity contribution in [2.24, 2.45) is 0 Å². The molecule has 0 saturated heterocycles. The summed E-state index contributed by atoms with van der Waals surface area (Å²) in [6.45, 7) is 1.86. The minimum Gasteiger partial charge on any atom is -0.493 e. The monoisotopic (exact) mass is 512 g/mol. The number of rotatable bonds is 8. The molecule has 33 heavy (non-hydrogen) atoms. The third-order valence-electron chi connectivity index (χ3n) is 4.58. The summed E-state index contributed by atoms with van der Waals surface area (Å²) in [4.78, 5) is 13.2. The molecule has 0 amide bonds. The van der Waals surface area contributed by atoms with Crippen molar-refractivity contribution in [3.05, 3.63) is 59.0 Å². The van der Waals surface area contributed by atoms with Crippen LogP contribution in [0.15, 0.2) is 57.7 Å². The minimum atomic E-state index is 0.312. The van der Waals surface area contributed by atoms with Crippen molar-refractivity contribution in [2.75, 3.05) is 26.6 Å². The van der Waals surface area contributed by atoms with Gasteiger partial charge in [0.1, 0.15) is 12.0 Å². The molecule has 0 aliphatic heterocycles. The summed E-state index contributed by atoms with van der Waals surface area (Å²) in [6.07, 6.45) is 3.19. The van der Waals surface area contributed by atoms with E-state index in [1.54, 1.807) is 45.9 Å². The Balaban J connectivity index is 1.64. The van der Waals surface area contributed by atoms with Gasteiger partial charge in [-0.05, 0) is 35.0 Å². The molecule has 1 N–H and O–H groups in total. The molecule has 10 heteroatoms. The highest BCUT2D eigenvalue weighted by atomic mass is 79.9. The molecular formula is C23H21BrN4O5. The molecule has 0 radical (unpaired) electrons. The molecule has 0 fully saturated rings. The van der Waals surface area contributed by atoms with Gasteiger partial charge < -0.3 is 28.7 Å². The number of anilines is 2. The standard InChI is InChI=1S/C23H21BrN4O5/c1-13-12-32-21(26-13)15-7-5-6-8-17(15)33-22-16(24)11-25-23(28-22)27-14-9-18(29-2)20(31-4)19(10-14)30-3/h5-12H,1-4H3,(H,25,27,28). The van der Waals surface area contributed by atoms with Gasteiger partial charge in [0.15, 0.2) is 11.5 Å². The summed E-state index contributed by atoms with van der Waals surface area (Å²) in [5, 5.41) is 3.14. The Morgan fingerprint density at radius 1 is 0.939 bits per heavy atom. The lowest BCUT2D eigenvalue weighted by atomic mass is 10.2. The first-order chi connectivity index (χ1) is 16.0. The van der Waals surface area contributed by atoms with Crippen LogP contribution in [0.1, 0.15) is 5.69 Å². The molecule has 9 nitrogen and oxygen atoms in total. The highest BCUT2D eigenvalue weighted by Crippen LogP contribution is 2.41. The second kappa shape index (κ2) is 9.78. The average Bonchev–Trinajstić information content (AvgIpc) is 3.26. The van der Waals surface area contributed by atoms with E-state index in [1.807, 2.05) is 31.2 Å². The van der Waals surface area contributed by atoms with E-state index < -0.39 is 0 Å². The van der Waals surface area contributed by atoms with Gasteiger partial charge in [0.05, 0.1) is 43.3 Å². The summed E-state index contributed by atoms with van der Waals surface area (Å²) in [6, 6.07) is 10.9. The van der Waals surface area contributed by atoms with Gasteiger partial charge >= 0.3 is 0 Å². The van der Waals surface area contributed by atoms with E-state index in [1.165, 1.54) is 0 Å². The number of aryl methyl sites for hydroxylation is 1. The van der Waals surface area contributed by atoms with Crippen molar-refractivity contribution in [3.63, 3.8) is 0 Å². The molecule has 4 aromatic rings. The quantitative estimate of drug-likeness (QED) is 0.315. The van der Waals surface area contributed by atoms with E-state index in [-0.39, 0.29) is 0 Å². The van der Waals surface area contributed by atoms with Gasteiger partial charge in [-0.15, -0.1) is 0 Å². The van der Waals surface area contributed by atoms with Crippen molar-refractivity contribution < 1.29 is 23.4 Å². The second-order valence-electron chi connectivity index (χ2n) is 6.78. The third kappa shape index (κ3) is 4.85. The number of methoxy groups -OCH3 is 3. The van der Waals surface area contributed by atoms with Gasteiger partial charge in [-0.1, -0.05) is 12.1 Å². The van der Waals surface area contributed by atoms with Gasteiger partial charge in [0.2, 0.25) is 23.5 Å². The molecule has 2 aromatic carbocycles. The maximum Gasteiger partial charge on any atom is 0.238 e. The van der Waals surface area contributed by atoms with E-state index in [0.29, 0.717) is 56.4 Å². The van der Waals surface area contributed by atoms with Gasteiger partial charge in [0, 0.05) is 17.8 Å². The van der Waals surface area contributed by atoms with Gasteiger partial charge in [-0.2, -0.15) is 4.98 Å². The number of oxazole rings is 1. The number of nitrogens with one attached hydrogen (secondary N) is 1. The molecule has 0 spiro atoms. The lowest BCUT2D eigenvalue weighted by Crippen LogP contribution is -2.01. The summed E-state index contributed by atoms with van der Waals surface area (Å²) in [5.74, 6) is 3.13. The number of para-hydroxylation sites is 1. The number of halogens is 1. The Labute approximate surface area is 198 Å². The summed E-state index contributed by atoms with van der Waals surface area (Å²) < 4.78 is 28.4. The second-order valence-corrected chi connectivity index (χ2v) is 7.63. The third-order valence-corrected chi connectivity index (χ3v) is 5.12.